The Bertz CT molecular complexity index is 570. The largest absolute Gasteiger partial charge is 0.389 e. The second-order valence-electron chi connectivity index (χ2n) is 4.97. The van der Waals surface area contributed by atoms with Crippen molar-refractivity contribution in [3.05, 3.63) is 35.4 Å². The van der Waals surface area contributed by atoms with Crippen LogP contribution in [0.25, 0.3) is 0 Å². The van der Waals surface area contributed by atoms with Crippen LogP contribution in [0.4, 0.5) is 0 Å². The lowest BCUT2D eigenvalue weighted by Crippen LogP contribution is -2.35. The van der Waals surface area contributed by atoms with E-state index in [2.05, 4.69) is 0 Å². The van der Waals surface area contributed by atoms with Crippen molar-refractivity contribution in [2.24, 2.45) is 5.73 Å². The molecule has 20 heavy (non-hydrogen) atoms. The Hall–Kier alpha value is -0.980. The van der Waals surface area contributed by atoms with Gasteiger partial charge in [0.25, 0.3) is 0 Å². The summed E-state index contributed by atoms with van der Waals surface area (Å²) in [7, 11) is -1.70. The molecule has 0 spiro atoms. The van der Waals surface area contributed by atoms with Gasteiger partial charge < -0.3 is 5.73 Å². The summed E-state index contributed by atoms with van der Waals surface area (Å²) in [6.45, 7) is 3.97. The summed E-state index contributed by atoms with van der Waals surface area (Å²) in [5, 5.41) is 0. The number of thiocarbonyl (C=S) groups is 1. The van der Waals surface area contributed by atoms with Crippen molar-refractivity contribution >= 4 is 27.2 Å². The highest BCUT2D eigenvalue weighted by atomic mass is 32.2. The molecule has 0 aliphatic heterocycles. The molecule has 0 aliphatic rings. The third-order valence-electron chi connectivity index (χ3n) is 3.33. The molecule has 0 aliphatic carbocycles. The summed E-state index contributed by atoms with van der Waals surface area (Å²) in [6.07, 6.45) is 1.81. The van der Waals surface area contributed by atoms with Gasteiger partial charge >= 0.3 is 0 Å². The number of nitrogens with zero attached hydrogens (tertiary/aromatic N) is 1. The lowest BCUT2D eigenvalue weighted by Gasteiger charge is -2.24. The summed E-state index contributed by atoms with van der Waals surface area (Å²) < 4.78 is 26.2. The summed E-state index contributed by atoms with van der Waals surface area (Å²) in [6, 6.07) is 7.07. The molecular weight excluding hydrogens is 292 g/mol. The first-order valence-electron chi connectivity index (χ1n) is 6.62. The second kappa shape index (κ2) is 7.15. The maximum Gasteiger partial charge on any atom is 0.218 e. The van der Waals surface area contributed by atoms with E-state index in [1.54, 1.807) is 31.3 Å². The number of sulfonamides is 1. The van der Waals surface area contributed by atoms with Crippen molar-refractivity contribution in [3.8, 4) is 0 Å². The van der Waals surface area contributed by atoms with Gasteiger partial charge in [0.1, 0.15) is 4.99 Å². The van der Waals surface area contributed by atoms with Crippen molar-refractivity contribution in [1.29, 1.82) is 0 Å². The van der Waals surface area contributed by atoms with Crippen LogP contribution in [-0.2, 0) is 15.8 Å². The van der Waals surface area contributed by atoms with E-state index in [1.807, 2.05) is 13.8 Å². The highest BCUT2D eigenvalue weighted by Crippen LogP contribution is 2.15. The number of rotatable bonds is 7. The van der Waals surface area contributed by atoms with Crippen LogP contribution >= 0.6 is 12.2 Å². The van der Waals surface area contributed by atoms with Gasteiger partial charge in [-0.1, -0.05) is 43.8 Å². The lowest BCUT2D eigenvalue weighted by atomic mass is 10.1. The van der Waals surface area contributed by atoms with Crippen LogP contribution in [0.3, 0.4) is 0 Å². The second-order valence-corrected chi connectivity index (χ2v) is 7.44. The molecule has 0 saturated carbocycles. The van der Waals surface area contributed by atoms with Crippen LogP contribution in [0.1, 0.15) is 37.8 Å². The van der Waals surface area contributed by atoms with Crippen LogP contribution in [0.5, 0.6) is 0 Å². The average molecular weight is 314 g/mol. The predicted octanol–water partition coefficient (Wildman–Crippen LogP) is 2.27. The zero-order valence-corrected chi connectivity index (χ0v) is 13.8. The third-order valence-corrected chi connectivity index (χ3v) is 5.50. The first-order valence-corrected chi connectivity index (χ1v) is 8.64. The summed E-state index contributed by atoms with van der Waals surface area (Å²) in [4.78, 5) is 0.275. The fourth-order valence-electron chi connectivity index (χ4n) is 2.00. The summed E-state index contributed by atoms with van der Waals surface area (Å²) in [5.41, 5.74) is 6.96. The van der Waals surface area contributed by atoms with Crippen LogP contribution < -0.4 is 5.73 Å². The summed E-state index contributed by atoms with van der Waals surface area (Å²) >= 11 is 4.91. The van der Waals surface area contributed by atoms with Gasteiger partial charge in [-0.3, -0.25) is 0 Å². The van der Waals surface area contributed by atoms with Crippen molar-refractivity contribution < 1.29 is 8.42 Å². The van der Waals surface area contributed by atoms with Crippen LogP contribution in [0, 0.1) is 0 Å². The van der Waals surface area contributed by atoms with E-state index in [0.717, 1.165) is 12.8 Å². The monoisotopic (exact) mass is 314 g/mol. The van der Waals surface area contributed by atoms with Crippen LogP contribution in [0.15, 0.2) is 24.3 Å². The van der Waals surface area contributed by atoms with E-state index in [1.165, 1.54) is 4.31 Å². The lowest BCUT2D eigenvalue weighted by molar-refractivity contribution is 0.368. The Kier molecular flexibility index (Phi) is 6.10. The minimum Gasteiger partial charge on any atom is -0.389 e. The normalized spacial score (nSPS) is 13.4. The Morgan fingerprint density at radius 3 is 2.65 bits per heavy atom. The topological polar surface area (TPSA) is 63.4 Å². The van der Waals surface area contributed by atoms with E-state index >= 15 is 0 Å². The van der Waals surface area contributed by atoms with Gasteiger partial charge in [-0.2, -0.15) is 0 Å². The smallest absolute Gasteiger partial charge is 0.218 e. The van der Waals surface area contributed by atoms with Gasteiger partial charge in [-0.15, -0.1) is 0 Å². The average Bonchev–Trinajstić information content (AvgIpc) is 2.37. The number of hydrogen-bond donors (Lipinski definition) is 1. The molecule has 0 amide bonds. The van der Waals surface area contributed by atoms with Gasteiger partial charge in [0, 0.05) is 18.7 Å². The number of hydrogen-bond acceptors (Lipinski definition) is 3. The quantitative estimate of drug-likeness (QED) is 0.784. The minimum absolute atomic E-state index is 0.00349. The van der Waals surface area contributed by atoms with Gasteiger partial charge in [0.2, 0.25) is 10.0 Å². The molecule has 1 aromatic carbocycles. The molecule has 0 radical (unpaired) electrons. The highest BCUT2D eigenvalue weighted by Gasteiger charge is 2.23. The Balaban J connectivity index is 2.91. The van der Waals surface area contributed by atoms with Crippen molar-refractivity contribution in [1.82, 2.24) is 4.31 Å². The fourth-order valence-corrected chi connectivity index (χ4v) is 3.59. The van der Waals surface area contributed by atoms with Gasteiger partial charge in [0.15, 0.2) is 0 Å². The molecular formula is C14H22N2O2S2. The van der Waals surface area contributed by atoms with E-state index < -0.39 is 10.0 Å². The minimum atomic E-state index is -3.33. The van der Waals surface area contributed by atoms with Crippen LogP contribution in [-0.4, -0.2) is 30.8 Å². The zero-order chi connectivity index (χ0) is 15.3. The molecule has 0 fully saturated rings. The van der Waals surface area contributed by atoms with E-state index in [0.29, 0.717) is 11.1 Å². The van der Waals surface area contributed by atoms with Gasteiger partial charge in [-0.05, 0) is 25.0 Å². The molecule has 0 aromatic heterocycles. The number of nitrogens with two attached hydrogens (primary N) is 1. The molecule has 0 heterocycles. The van der Waals surface area contributed by atoms with Crippen molar-refractivity contribution in [2.45, 2.75) is 38.5 Å². The molecule has 1 unspecified atom stereocenters. The SMILES string of the molecule is CCCC(C)N(C)S(=O)(=O)Cc1cccc(C(N)=S)c1. The first-order chi connectivity index (χ1) is 9.27. The molecule has 1 aromatic rings. The standard InChI is InChI=1S/C14H22N2O2S2/c1-4-6-11(2)16(3)20(17,18)10-12-7-5-8-13(9-12)14(15)19/h5,7-9,11H,4,6,10H2,1-3H3,(H2,15,19). The number of benzene rings is 1. The molecule has 0 bridgehead atoms. The Morgan fingerprint density at radius 1 is 1.45 bits per heavy atom. The van der Waals surface area contributed by atoms with Crippen LogP contribution in [0.2, 0.25) is 0 Å². The first kappa shape index (κ1) is 17.1. The van der Waals surface area contributed by atoms with Crippen molar-refractivity contribution in [2.75, 3.05) is 7.05 Å². The molecule has 6 heteroatoms. The van der Waals surface area contributed by atoms with E-state index in [9.17, 15) is 8.42 Å². The maximum atomic E-state index is 12.4. The summed E-state index contributed by atoms with van der Waals surface area (Å²) in [5.74, 6) is -0.0337. The molecule has 1 rings (SSSR count). The Labute approximate surface area is 127 Å². The van der Waals surface area contributed by atoms with E-state index in [-0.39, 0.29) is 16.8 Å². The van der Waals surface area contributed by atoms with Gasteiger partial charge in [-0.25, -0.2) is 12.7 Å². The molecule has 112 valence electrons. The maximum absolute atomic E-state index is 12.4. The fraction of sp³-hybridized carbons (Fsp3) is 0.500. The van der Waals surface area contributed by atoms with Gasteiger partial charge in [0.05, 0.1) is 5.75 Å². The van der Waals surface area contributed by atoms with Crippen molar-refractivity contribution in [3.63, 3.8) is 0 Å². The molecule has 4 nitrogen and oxygen atoms in total. The third kappa shape index (κ3) is 4.54. The van der Waals surface area contributed by atoms with E-state index in [4.69, 9.17) is 18.0 Å². The zero-order valence-electron chi connectivity index (χ0n) is 12.2. The predicted molar refractivity (Wildman–Crippen MR) is 87.1 cm³/mol. The molecule has 1 atom stereocenters. The molecule has 2 N–H and O–H groups in total. The highest BCUT2D eigenvalue weighted by molar-refractivity contribution is 7.88. The molecule has 0 saturated heterocycles. The Morgan fingerprint density at radius 2 is 2.10 bits per heavy atom.